The summed E-state index contributed by atoms with van der Waals surface area (Å²) in [5.41, 5.74) is 0.908. The van der Waals surface area contributed by atoms with Crippen LogP contribution >= 0.6 is 23.2 Å². The molecular formula is C11H9Cl2NO2. The number of hydrogen-bond acceptors (Lipinski definition) is 2. The van der Waals surface area contributed by atoms with Gasteiger partial charge in [-0.05, 0) is 5.56 Å². The monoisotopic (exact) mass is 257 g/mol. The average molecular weight is 258 g/mol. The normalized spacial score (nSPS) is 20.8. The van der Waals surface area contributed by atoms with Gasteiger partial charge in [-0.1, -0.05) is 53.5 Å². The molecule has 1 aliphatic heterocycles. The first-order valence-electron chi connectivity index (χ1n) is 4.69. The zero-order valence-corrected chi connectivity index (χ0v) is 9.74. The molecule has 5 heteroatoms. The summed E-state index contributed by atoms with van der Waals surface area (Å²) in [6.45, 7) is 0.285. The third-order valence-corrected chi connectivity index (χ3v) is 3.22. The van der Waals surface area contributed by atoms with Crippen molar-refractivity contribution in [2.45, 2.75) is 12.8 Å². The third-order valence-electron chi connectivity index (χ3n) is 2.38. The summed E-state index contributed by atoms with van der Waals surface area (Å²) in [5, 5.41) is 9.57. The molecular weight excluding hydrogens is 249 g/mol. The van der Waals surface area contributed by atoms with Crippen molar-refractivity contribution in [3.05, 3.63) is 46.0 Å². The van der Waals surface area contributed by atoms with Gasteiger partial charge in [0, 0.05) is 6.54 Å². The highest BCUT2D eigenvalue weighted by Gasteiger charge is 2.36. The van der Waals surface area contributed by atoms with Gasteiger partial charge in [-0.25, -0.2) is 0 Å². The van der Waals surface area contributed by atoms with E-state index in [1.807, 2.05) is 30.3 Å². The van der Waals surface area contributed by atoms with E-state index in [4.69, 9.17) is 23.2 Å². The molecule has 1 N–H and O–H groups in total. The van der Waals surface area contributed by atoms with Gasteiger partial charge < -0.3 is 10.0 Å². The largest absolute Gasteiger partial charge is 0.368 e. The second-order valence-electron chi connectivity index (χ2n) is 3.45. The Labute approximate surface area is 103 Å². The van der Waals surface area contributed by atoms with Crippen LogP contribution < -0.4 is 0 Å². The van der Waals surface area contributed by atoms with Crippen LogP contribution in [-0.2, 0) is 11.3 Å². The smallest absolute Gasteiger partial charge is 0.269 e. The van der Waals surface area contributed by atoms with Gasteiger partial charge in [-0.15, -0.1) is 0 Å². The molecule has 0 aliphatic carbocycles. The molecule has 1 aromatic carbocycles. The Kier molecular flexibility index (Phi) is 3.19. The number of carbonyl (C=O) groups excluding carboxylic acids is 1. The van der Waals surface area contributed by atoms with E-state index in [9.17, 15) is 9.90 Å². The minimum absolute atomic E-state index is 0.0115. The molecule has 0 saturated carbocycles. The van der Waals surface area contributed by atoms with E-state index in [1.54, 1.807) is 0 Å². The van der Waals surface area contributed by atoms with Crippen molar-refractivity contribution in [2.75, 3.05) is 0 Å². The van der Waals surface area contributed by atoms with Crippen molar-refractivity contribution in [1.29, 1.82) is 0 Å². The standard InChI is InChI=1S/C11H9Cl2NO2/c12-8-9(13)11(16)14(10(8)15)6-7-4-2-1-3-5-7/h1-5,10,15H,6H2. The van der Waals surface area contributed by atoms with Crippen molar-refractivity contribution in [3.8, 4) is 0 Å². The number of carbonyl (C=O) groups is 1. The molecule has 2 rings (SSSR count). The summed E-state index contributed by atoms with van der Waals surface area (Å²) in [6.07, 6.45) is -1.14. The summed E-state index contributed by atoms with van der Waals surface area (Å²) in [5.74, 6) is -0.442. The number of benzene rings is 1. The van der Waals surface area contributed by atoms with Gasteiger partial charge in [0.05, 0.1) is 5.03 Å². The van der Waals surface area contributed by atoms with Crippen LogP contribution in [0.3, 0.4) is 0 Å². The van der Waals surface area contributed by atoms with Crippen LogP contribution in [0.2, 0.25) is 0 Å². The Balaban J connectivity index is 2.17. The number of nitrogens with zero attached hydrogens (tertiary/aromatic N) is 1. The Morgan fingerprint density at radius 2 is 1.88 bits per heavy atom. The van der Waals surface area contributed by atoms with Gasteiger partial charge in [0.2, 0.25) is 0 Å². The highest BCUT2D eigenvalue weighted by molar-refractivity contribution is 6.49. The highest BCUT2D eigenvalue weighted by Crippen LogP contribution is 2.30. The Morgan fingerprint density at radius 3 is 2.38 bits per heavy atom. The lowest BCUT2D eigenvalue weighted by Crippen LogP contribution is -2.34. The van der Waals surface area contributed by atoms with Crippen molar-refractivity contribution >= 4 is 29.1 Å². The first kappa shape index (κ1) is 11.5. The third kappa shape index (κ3) is 1.94. The van der Waals surface area contributed by atoms with Crippen LogP contribution in [0.1, 0.15) is 5.56 Å². The number of amides is 1. The zero-order chi connectivity index (χ0) is 11.7. The van der Waals surface area contributed by atoms with E-state index < -0.39 is 12.1 Å². The molecule has 0 fully saturated rings. The van der Waals surface area contributed by atoms with Crippen LogP contribution in [0.5, 0.6) is 0 Å². The fourth-order valence-electron chi connectivity index (χ4n) is 1.53. The summed E-state index contributed by atoms with van der Waals surface area (Å²) >= 11 is 11.4. The van der Waals surface area contributed by atoms with Crippen molar-refractivity contribution < 1.29 is 9.90 Å². The van der Waals surface area contributed by atoms with E-state index in [-0.39, 0.29) is 16.6 Å². The second kappa shape index (κ2) is 4.45. The maximum Gasteiger partial charge on any atom is 0.269 e. The summed E-state index contributed by atoms with van der Waals surface area (Å²) in [6, 6.07) is 9.32. The van der Waals surface area contributed by atoms with Gasteiger partial charge in [-0.3, -0.25) is 4.79 Å². The van der Waals surface area contributed by atoms with E-state index in [0.29, 0.717) is 0 Å². The first-order valence-corrected chi connectivity index (χ1v) is 5.45. The fraction of sp³-hybridized carbons (Fsp3) is 0.182. The van der Waals surface area contributed by atoms with E-state index in [1.165, 1.54) is 4.90 Å². The predicted octanol–water partition coefficient (Wildman–Crippen LogP) is 2.04. The minimum Gasteiger partial charge on any atom is -0.368 e. The first-order chi connectivity index (χ1) is 7.61. The Bertz CT molecular complexity index is 445. The molecule has 3 nitrogen and oxygen atoms in total. The lowest BCUT2D eigenvalue weighted by atomic mass is 10.2. The lowest BCUT2D eigenvalue weighted by molar-refractivity contribution is -0.132. The number of halogens is 2. The van der Waals surface area contributed by atoms with E-state index in [2.05, 4.69) is 0 Å². The molecule has 16 heavy (non-hydrogen) atoms. The van der Waals surface area contributed by atoms with Crippen molar-refractivity contribution in [2.24, 2.45) is 0 Å². The molecule has 0 saturated heterocycles. The molecule has 1 heterocycles. The number of aliphatic hydroxyl groups excluding tert-OH is 1. The van der Waals surface area contributed by atoms with Crippen LogP contribution in [0.25, 0.3) is 0 Å². The average Bonchev–Trinajstić information content (AvgIpc) is 2.48. The van der Waals surface area contributed by atoms with E-state index in [0.717, 1.165) is 5.56 Å². The summed E-state index contributed by atoms with van der Waals surface area (Å²) in [7, 11) is 0. The molecule has 1 aromatic rings. The molecule has 0 bridgehead atoms. The second-order valence-corrected chi connectivity index (χ2v) is 4.24. The minimum atomic E-state index is -1.14. The molecule has 1 unspecified atom stereocenters. The van der Waals surface area contributed by atoms with Crippen LogP contribution in [0.15, 0.2) is 40.4 Å². The maximum absolute atomic E-state index is 11.6. The van der Waals surface area contributed by atoms with Crippen LogP contribution in [0, 0.1) is 0 Å². The molecule has 1 amide bonds. The van der Waals surface area contributed by atoms with Gasteiger partial charge >= 0.3 is 0 Å². The van der Waals surface area contributed by atoms with Crippen molar-refractivity contribution in [1.82, 2.24) is 4.90 Å². The number of rotatable bonds is 2. The molecule has 0 aromatic heterocycles. The zero-order valence-electron chi connectivity index (χ0n) is 8.23. The number of aliphatic hydroxyl groups is 1. The Morgan fingerprint density at radius 1 is 1.25 bits per heavy atom. The predicted molar refractivity (Wildman–Crippen MR) is 61.7 cm³/mol. The van der Waals surface area contributed by atoms with Gasteiger partial charge in [0.25, 0.3) is 5.91 Å². The fourth-order valence-corrected chi connectivity index (χ4v) is 1.93. The van der Waals surface area contributed by atoms with Gasteiger partial charge in [0.1, 0.15) is 5.03 Å². The Hall–Kier alpha value is -1.03. The topological polar surface area (TPSA) is 40.5 Å². The SMILES string of the molecule is O=C1C(Cl)=C(Cl)C(O)N1Cc1ccccc1. The van der Waals surface area contributed by atoms with Gasteiger partial charge in [-0.2, -0.15) is 0 Å². The highest BCUT2D eigenvalue weighted by atomic mass is 35.5. The molecule has 0 spiro atoms. The number of hydrogen-bond donors (Lipinski definition) is 1. The molecule has 1 aliphatic rings. The van der Waals surface area contributed by atoms with Crippen molar-refractivity contribution in [3.63, 3.8) is 0 Å². The van der Waals surface area contributed by atoms with Crippen LogP contribution in [0.4, 0.5) is 0 Å². The quantitative estimate of drug-likeness (QED) is 0.881. The molecule has 84 valence electrons. The maximum atomic E-state index is 11.6. The van der Waals surface area contributed by atoms with Gasteiger partial charge in [0.15, 0.2) is 6.23 Å². The molecule has 1 atom stereocenters. The van der Waals surface area contributed by atoms with E-state index >= 15 is 0 Å². The van der Waals surface area contributed by atoms with Crippen LogP contribution in [-0.4, -0.2) is 22.1 Å². The molecule has 0 radical (unpaired) electrons. The lowest BCUT2D eigenvalue weighted by Gasteiger charge is -2.20. The summed E-state index contributed by atoms with van der Waals surface area (Å²) < 4.78 is 0. The summed E-state index contributed by atoms with van der Waals surface area (Å²) in [4.78, 5) is 12.8.